The van der Waals surface area contributed by atoms with Crippen molar-refractivity contribution in [3.63, 3.8) is 0 Å². The molecular formula is C17H16O4. The summed E-state index contributed by atoms with van der Waals surface area (Å²) in [5, 5.41) is 2.58. The first-order valence-corrected chi connectivity index (χ1v) is 6.80. The zero-order chi connectivity index (χ0) is 15.0. The summed E-state index contributed by atoms with van der Waals surface area (Å²) in [6.45, 7) is 1.81. The minimum Gasteiger partial charge on any atom is -0.495 e. The van der Waals surface area contributed by atoms with E-state index < -0.39 is 0 Å². The summed E-state index contributed by atoms with van der Waals surface area (Å²) in [5.74, 6) is 1.61. The largest absolute Gasteiger partial charge is 0.495 e. The fourth-order valence-electron chi connectivity index (χ4n) is 2.61. The van der Waals surface area contributed by atoms with Gasteiger partial charge in [-0.15, -0.1) is 0 Å². The van der Waals surface area contributed by atoms with Gasteiger partial charge in [-0.3, -0.25) is 4.79 Å². The van der Waals surface area contributed by atoms with Crippen molar-refractivity contribution in [2.75, 3.05) is 14.2 Å². The first-order chi connectivity index (χ1) is 10.2. The lowest BCUT2D eigenvalue weighted by Crippen LogP contribution is -1.92. The molecule has 0 bridgehead atoms. The molecule has 0 N–H and O–H groups in total. The van der Waals surface area contributed by atoms with Crippen LogP contribution in [0.15, 0.2) is 34.7 Å². The summed E-state index contributed by atoms with van der Waals surface area (Å²) < 4.78 is 16.8. The van der Waals surface area contributed by atoms with Crippen LogP contribution in [0.25, 0.3) is 21.7 Å². The molecular weight excluding hydrogens is 268 g/mol. The highest BCUT2D eigenvalue weighted by Gasteiger charge is 2.21. The Hall–Kier alpha value is -2.49. The predicted molar refractivity (Wildman–Crippen MR) is 81.4 cm³/mol. The minimum atomic E-state index is -0.0423. The van der Waals surface area contributed by atoms with E-state index in [0.717, 1.165) is 16.2 Å². The number of furan rings is 1. The Balaban J connectivity index is 2.47. The van der Waals surface area contributed by atoms with Crippen LogP contribution in [-0.2, 0) is 0 Å². The van der Waals surface area contributed by atoms with Crippen LogP contribution in [0.2, 0.25) is 0 Å². The number of carbonyl (C=O) groups excluding carboxylic acids is 1. The molecule has 0 unspecified atom stereocenters. The lowest BCUT2D eigenvalue weighted by molar-refractivity contribution is 0.0963. The molecule has 0 atom stereocenters. The Bertz CT molecular complexity index is 769. The summed E-state index contributed by atoms with van der Waals surface area (Å²) in [4.78, 5) is 11.9. The molecule has 0 aliphatic heterocycles. The van der Waals surface area contributed by atoms with Gasteiger partial charge < -0.3 is 13.9 Å². The van der Waals surface area contributed by atoms with Crippen LogP contribution < -0.4 is 9.47 Å². The zero-order valence-electron chi connectivity index (χ0n) is 12.2. The second kappa shape index (κ2) is 5.13. The number of ketones is 1. The van der Waals surface area contributed by atoms with Gasteiger partial charge in [0, 0.05) is 17.2 Å². The first kappa shape index (κ1) is 13.5. The number of Topliss-reactive ketones (excluding diaryl/α,β-unsaturated/α-hetero) is 1. The molecule has 3 aromatic rings. The van der Waals surface area contributed by atoms with Gasteiger partial charge in [-0.2, -0.15) is 0 Å². The third-order valence-corrected chi connectivity index (χ3v) is 3.60. The highest BCUT2D eigenvalue weighted by Crippen LogP contribution is 2.43. The van der Waals surface area contributed by atoms with Crippen LogP contribution in [-0.4, -0.2) is 20.0 Å². The van der Waals surface area contributed by atoms with Crippen LogP contribution in [0, 0.1) is 0 Å². The highest BCUT2D eigenvalue weighted by atomic mass is 16.5. The molecule has 0 aliphatic rings. The maximum Gasteiger partial charge on any atom is 0.197 e. The summed E-state index contributed by atoms with van der Waals surface area (Å²) >= 11 is 0. The number of hydrogen-bond acceptors (Lipinski definition) is 4. The van der Waals surface area contributed by atoms with E-state index in [9.17, 15) is 4.79 Å². The topological polar surface area (TPSA) is 48.7 Å². The summed E-state index contributed by atoms with van der Waals surface area (Å²) in [5.41, 5.74) is 0.546. The van der Waals surface area contributed by atoms with Crippen LogP contribution in [0.5, 0.6) is 11.5 Å². The molecule has 0 spiro atoms. The summed E-state index contributed by atoms with van der Waals surface area (Å²) in [6.07, 6.45) is 0.393. The number of benzene rings is 2. The normalized spacial score (nSPS) is 11.0. The van der Waals surface area contributed by atoms with Crippen molar-refractivity contribution in [1.29, 1.82) is 0 Å². The molecule has 0 saturated heterocycles. The van der Waals surface area contributed by atoms with Crippen molar-refractivity contribution >= 4 is 27.5 Å². The Morgan fingerprint density at radius 1 is 1.05 bits per heavy atom. The average molecular weight is 284 g/mol. The number of methoxy groups -OCH3 is 2. The van der Waals surface area contributed by atoms with Gasteiger partial charge in [0.25, 0.3) is 0 Å². The zero-order valence-corrected chi connectivity index (χ0v) is 12.2. The van der Waals surface area contributed by atoms with Gasteiger partial charge >= 0.3 is 0 Å². The molecule has 0 aliphatic carbocycles. The average Bonchev–Trinajstić information content (AvgIpc) is 2.96. The Labute approximate surface area is 122 Å². The lowest BCUT2D eigenvalue weighted by Gasteiger charge is -2.10. The lowest BCUT2D eigenvalue weighted by atomic mass is 10.1. The van der Waals surface area contributed by atoms with Crippen molar-refractivity contribution in [1.82, 2.24) is 0 Å². The first-order valence-electron chi connectivity index (χ1n) is 6.80. The van der Waals surface area contributed by atoms with Crippen LogP contribution in [0.1, 0.15) is 23.9 Å². The molecule has 0 amide bonds. The molecule has 2 aromatic carbocycles. The van der Waals surface area contributed by atoms with Gasteiger partial charge in [0.15, 0.2) is 22.9 Å². The molecule has 0 radical (unpaired) electrons. The molecule has 1 aromatic heterocycles. The molecule has 21 heavy (non-hydrogen) atoms. The molecule has 4 heteroatoms. The highest BCUT2D eigenvalue weighted by molar-refractivity contribution is 6.11. The van der Waals surface area contributed by atoms with Crippen molar-refractivity contribution in [2.45, 2.75) is 13.3 Å². The van der Waals surface area contributed by atoms with E-state index in [4.69, 9.17) is 13.9 Å². The third-order valence-electron chi connectivity index (χ3n) is 3.60. The van der Waals surface area contributed by atoms with Gasteiger partial charge in [-0.1, -0.05) is 31.2 Å². The van der Waals surface area contributed by atoms with Gasteiger partial charge in [0.2, 0.25) is 0 Å². The van der Waals surface area contributed by atoms with Crippen molar-refractivity contribution < 1.29 is 18.7 Å². The fraction of sp³-hybridized carbons (Fsp3) is 0.235. The van der Waals surface area contributed by atoms with E-state index in [0.29, 0.717) is 29.3 Å². The molecule has 0 saturated carbocycles. The maximum atomic E-state index is 11.9. The molecule has 3 rings (SSSR count). The molecule has 108 valence electrons. The number of rotatable bonds is 4. The smallest absolute Gasteiger partial charge is 0.197 e. The SMILES string of the molecule is CCC(=O)c1cc2c(OC)c3ccccc3c(OC)c2o1. The van der Waals surface area contributed by atoms with E-state index in [1.807, 2.05) is 24.3 Å². The number of ether oxygens (including phenoxy) is 2. The fourth-order valence-corrected chi connectivity index (χ4v) is 2.61. The Morgan fingerprint density at radius 3 is 2.24 bits per heavy atom. The second-order valence-corrected chi connectivity index (χ2v) is 4.74. The maximum absolute atomic E-state index is 11.9. The van der Waals surface area contributed by atoms with E-state index in [1.54, 1.807) is 27.2 Å². The molecule has 1 heterocycles. The molecule has 4 nitrogen and oxygen atoms in total. The minimum absolute atomic E-state index is 0.0423. The van der Waals surface area contributed by atoms with Gasteiger partial charge in [-0.25, -0.2) is 0 Å². The molecule has 0 fully saturated rings. The standard InChI is InChI=1S/C17H16O4/c1-4-13(18)14-9-12-15(19-2)10-7-5-6-8-11(10)16(20-3)17(12)21-14/h5-9H,4H2,1-3H3. The number of fused-ring (bicyclic) bond motifs is 2. The van der Waals surface area contributed by atoms with Crippen molar-refractivity contribution in [3.05, 3.63) is 36.1 Å². The van der Waals surface area contributed by atoms with E-state index in [2.05, 4.69) is 0 Å². The second-order valence-electron chi connectivity index (χ2n) is 4.74. The van der Waals surface area contributed by atoms with Crippen molar-refractivity contribution in [3.8, 4) is 11.5 Å². The van der Waals surface area contributed by atoms with E-state index >= 15 is 0 Å². The van der Waals surface area contributed by atoms with Crippen molar-refractivity contribution in [2.24, 2.45) is 0 Å². The third kappa shape index (κ3) is 1.95. The number of carbonyl (C=O) groups is 1. The van der Waals surface area contributed by atoms with Crippen LogP contribution in [0.4, 0.5) is 0 Å². The summed E-state index contributed by atoms with van der Waals surface area (Å²) in [6, 6.07) is 9.50. The van der Waals surface area contributed by atoms with Gasteiger partial charge in [-0.05, 0) is 6.07 Å². The quantitative estimate of drug-likeness (QED) is 0.674. The van der Waals surface area contributed by atoms with Gasteiger partial charge in [0.05, 0.1) is 19.6 Å². The van der Waals surface area contributed by atoms with Crippen LogP contribution >= 0.6 is 0 Å². The predicted octanol–water partition coefficient (Wildman–Crippen LogP) is 4.20. The van der Waals surface area contributed by atoms with Gasteiger partial charge in [0.1, 0.15) is 5.75 Å². The Morgan fingerprint density at radius 2 is 1.67 bits per heavy atom. The van der Waals surface area contributed by atoms with E-state index in [-0.39, 0.29) is 5.78 Å². The van der Waals surface area contributed by atoms with Crippen LogP contribution in [0.3, 0.4) is 0 Å². The monoisotopic (exact) mass is 284 g/mol. The van der Waals surface area contributed by atoms with E-state index in [1.165, 1.54) is 0 Å². The Kier molecular flexibility index (Phi) is 3.29. The summed E-state index contributed by atoms with van der Waals surface area (Å²) in [7, 11) is 3.21. The number of hydrogen-bond donors (Lipinski definition) is 0.